The summed E-state index contributed by atoms with van der Waals surface area (Å²) in [4.78, 5) is 5.00. The molecular formula is C18H12BrIS2. The van der Waals surface area contributed by atoms with Crippen molar-refractivity contribution in [2.24, 2.45) is 0 Å². The van der Waals surface area contributed by atoms with E-state index in [4.69, 9.17) is 0 Å². The van der Waals surface area contributed by atoms with Crippen molar-refractivity contribution in [2.75, 3.05) is 0 Å². The van der Waals surface area contributed by atoms with Crippen LogP contribution in [0, 0.1) is 3.57 Å². The Bertz CT molecular complexity index is 698. The monoisotopic (exact) mass is 498 g/mol. The summed E-state index contributed by atoms with van der Waals surface area (Å²) in [5.41, 5.74) is 0. The van der Waals surface area contributed by atoms with Crippen molar-refractivity contribution in [1.82, 2.24) is 0 Å². The molecular weight excluding hydrogens is 487 g/mol. The zero-order valence-electron chi connectivity index (χ0n) is 11.5. The van der Waals surface area contributed by atoms with Crippen LogP contribution in [0.2, 0.25) is 0 Å². The first-order valence-electron chi connectivity index (χ1n) is 6.67. The molecule has 0 spiro atoms. The zero-order chi connectivity index (χ0) is 15.4. The molecule has 0 saturated carbocycles. The van der Waals surface area contributed by atoms with Gasteiger partial charge >= 0.3 is 0 Å². The SMILES string of the molecule is Brc1c(Sc2ccccc2)cc(I)cc1Sc1ccccc1. The van der Waals surface area contributed by atoms with Gasteiger partial charge < -0.3 is 0 Å². The second kappa shape index (κ2) is 7.90. The fourth-order valence-electron chi connectivity index (χ4n) is 1.92. The first-order valence-corrected chi connectivity index (χ1v) is 10.2. The van der Waals surface area contributed by atoms with Gasteiger partial charge in [0.15, 0.2) is 0 Å². The molecule has 0 bridgehead atoms. The first-order chi connectivity index (χ1) is 10.7. The second-order valence-corrected chi connectivity index (χ2v) is 8.82. The van der Waals surface area contributed by atoms with E-state index in [1.54, 1.807) is 23.5 Å². The topological polar surface area (TPSA) is 0 Å². The van der Waals surface area contributed by atoms with Gasteiger partial charge in [0.1, 0.15) is 0 Å². The van der Waals surface area contributed by atoms with E-state index in [0.29, 0.717) is 0 Å². The van der Waals surface area contributed by atoms with Gasteiger partial charge in [0, 0.05) is 27.6 Å². The van der Waals surface area contributed by atoms with Gasteiger partial charge in [-0.05, 0) is 74.9 Å². The number of rotatable bonds is 4. The Kier molecular flexibility index (Phi) is 5.90. The minimum Gasteiger partial charge on any atom is -0.0888 e. The summed E-state index contributed by atoms with van der Waals surface area (Å²) < 4.78 is 2.41. The number of halogens is 2. The third-order valence-corrected chi connectivity index (χ3v) is 7.01. The summed E-state index contributed by atoms with van der Waals surface area (Å²) in [7, 11) is 0. The first kappa shape index (κ1) is 16.4. The molecule has 4 heteroatoms. The standard InChI is InChI=1S/C18H12BrIS2/c19-18-16(21-14-7-3-1-4-8-14)11-13(20)12-17(18)22-15-9-5-2-6-10-15/h1-12H. The molecule has 0 aromatic heterocycles. The van der Waals surface area contributed by atoms with Crippen LogP contribution in [0.15, 0.2) is 96.9 Å². The molecule has 3 aromatic rings. The lowest BCUT2D eigenvalue weighted by molar-refractivity contribution is 1.24. The summed E-state index contributed by atoms with van der Waals surface area (Å²) in [6.45, 7) is 0. The molecule has 0 aliphatic heterocycles. The molecule has 0 nitrogen and oxygen atoms in total. The molecule has 0 fully saturated rings. The molecule has 0 N–H and O–H groups in total. The number of hydrogen-bond acceptors (Lipinski definition) is 2. The highest BCUT2D eigenvalue weighted by atomic mass is 127. The van der Waals surface area contributed by atoms with Crippen molar-refractivity contribution in [3.05, 3.63) is 80.8 Å². The lowest BCUT2D eigenvalue weighted by Crippen LogP contribution is -1.84. The van der Waals surface area contributed by atoms with Crippen LogP contribution in [-0.2, 0) is 0 Å². The largest absolute Gasteiger partial charge is 0.0888 e. The van der Waals surface area contributed by atoms with E-state index >= 15 is 0 Å². The van der Waals surface area contributed by atoms with Gasteiger partial charge in [0.2, 0.25) is 0 Å². The van der Waals surface area contributed by atoms with Crippen LogP contribution in [0.3, 0.4) is 0 Å². The minimum absolute atomic E-state index is 1.16. The molecule has 0 atom stereocenters. The van der Waals surface area contributed by atoms with Crippen molar-refractivity contribution in [1.29, 1.82) is 0 Å². The fraction of sp³-hybridized carbons (Fsp3) is 0. The quantitative estimate of drug-likeness (QED) is 0.344. The lowest BCUT2D eigenvalue weighted by atomic mass is 10.4. The Balaban J connectivity index is 1.92. The number of benzene rings is 3. The number of hydrogen-bond donors (Lipinski definition) is 0. The van der Waals surface area contributed by atoms with E-state index < -0.39 is 0 Å². The molecule has 0 aliphatic rings. The molecule has 0 amide bonds. The smallest absolute Gasteiger partial charge is 0.0455 e. The van der Waals surface area contributed by atoms with Crippen molar-refractivity contribution in [3.63, 3.8) is 0 Å². The summed E-state index contributed by atoms with van der Waals surface area (Å²) in [6, 6.07) is 25.4. The summed E-state index contributed by atoms with van der Waals surface area (Å²) in [5, 5.41) is 0. The van der Waals surface area contributed by atoms with Gasteiger partial charge in [-0.1, -0.05) is 59.9 Å². The Morgan fingerprint density at radius 2 is 1.09 bits per heavy atom. The van der Waals surface area contributed by atoms with Crippen molar-refractivity contribution in [2.45, 2.75) is 19.6 Å². The average Bonchev–Trinajstić information content (AvgIpc) is 2.54. The third-order valence-electron chi connectivity index (χ3n) is 2.91. The maximum absolute atomic E-state index is 3.79. The molecule has 22 heavy (non-hydrogen) atoms. The third kappa shape index (κ3) is 4.31. The van der Waals surface area contributed by atoms with E-state index in [9.17, 15) is 0 Å². The molecule has 3 rings (SSSR count). The molecule has 110 valence electrons. The Morgan fingerprint density at radius 3 is 1.50 bits per heavy atom. The highest BCUT2D eigenvalue weighted by Gasteiger charge is 2.11. The van der Waals surface area contributed by atoms with Gasteiger partial charge in [0.05, 0.1) is 0 Å². The van der Waals surface area contributed by atoms with Gasteiger partial charge in [0.25, 0.3) is 0 Å². The highest BCUT2D eigenvalue weighted by Crippen LogP contribution is 2.42. The van der Waals surface area contributed by atoms with E-state index in [1.165, 1.54) is 23.2 Å². The van der Waals surface area contributed by atoms with Gasteiger partial charge in [-0.25, -0.2) is 0 Å². The van der Waals surface area contributed by atoms with Crippen molar-refractivity contribution in [3.8, 4) is 0 Å². The van der Waals surface area contributed by atoms with Crippen LogP contribution in [0.1, 0.15) is 0 Å². The normalized spacial score (nSPS) is 10.6. The fourth-order valence-corrected chi connectivity index (χ4v) is 5.61. The molecule has 3 aromatic carbocycles. The maximum atomic E-state index is 3.79. The van der Waals surface area contributed by atoms with E-state index in [1.807, 2.05) is 12.1 Å². The Hall–Kier alpha value is -0.430. The van der Waals surface area contributed by atoms with Crippen molar-refractivity contribution >= 4 is 62.0 Å². The predicted octanol–water partition coefficient (Wildman–Crippen LogP) is 7.36. The average molecular weight is 499 g/mol. The lowest BCUT2D eigenvalue weighted by Gasteiger charge is -2.11. The van der Waals surface area contributed by atoms with Crippen LogP contribution in [0.4, 0.5) is 0 Å². The molecule has 0 heterocycles. The van der Waals surface area contributed by atoms with Crippen LogP contribution >= 0.6 is 62.0 Å². The zero-order valence-corrected chi connectivity index (χ0v) is 16.9. The van der Waals surface area contributed by atoms with E-state index in [-0.39, 0.29) is 0 Å². The maximum Gasteiger partial charge on any atom is 0.0455 e. The van der Waals surface area contributed by atoms with Crippen molar-refractivity contribution < 1.29 is 0 Å². The minimum atomic E-state index is 1.16. The van der Waals surface area contributed by atoms with Gasteiger partial charge in [-0.2, -0.15) is 0 Å². The molecule has 0 saturated heterocycles. The van der Waals surface area contributed by atoms with Crippen LogP contribution < -0.4 is 0 Å². The second-order valence-electron chi connectivity index (χ2n) is 4.55. The summed E-state index contributed by atoms with van der Waals surface area (Å²) >= 11 is 9.75. The summed E-state index contributed by atoms with van der Waals surface area (Å²) in [5.74, 6) is 0. The van der Waals surface area contributed by atoms with Gasteiger partial charge in [-0.15, -0.1) is 0 Å². The van der Waals surface area contributed by atoms with Crippen LogP contribution in [0.25, 0.3) is 0 Å². The van der Waals surface area contributed by atoms with Crippen LogP contribution in [-0.4, -0.2) is 0 Å². The Labute approximate surface area is 161 Å². The highest BCUT2D eigenvalue weighted by molar-refractivity contribution is 14.1. The summed E-state index contributed by atoms with van der Waals surface area (Å²) in [6.07, 6.45) is 0. The van der Waals surface area contributed by atoms with Gasteiger partial charge in [-0.3, -0.25) is 0 Å². The predicted molar refractivity (Wildman–Crippen MR) is 108 cm³/mol. The van der Waals surface area contributed by atoms with E-state index in [0.717, 1.165) is 4.47 Å². The van der Waals surface area contributed by atoms with Crippen LogP contribution in [0.5, 0.6) is 0 Å². The van der Waals surface area contributed by atoms with E-state index in [2.05, 4.69) is 99.2 Å². The molecule has 0 radical (unpaired) electrons. The molecule has 0 aliphatic carbocycles. The molecule has 0 unspecified atom stereocenters. The Morgan fingerprint density at radius 1 is 0.682 bits per heavy atom.